The first-order valence-corrected chi connectivity index (χ1v) is 7.02. The van der Waals surface area contributed by atoms with Crippen molar-refractivity contribution in [1.29, 1.82) is 0 Å². The second-order valence-corrected chi connectivity index (χ2v) is 5.99. The molecule has 1 unspecified atom stereocenters. The van der Waals surface area contributed by atoms with Gasteiger partial charge in [-0.15, -0.1) is 0 Å². The molecule has 1 aliphatic rings. The molecule has 1 heterocycles. The highest BCUT2D eigenvalue weighted by Gasteiger charge is 2.25. The van der Waals surface area contributed by atoms with Crippen molar-refractivity contribution in [2.75, 3.05) is 20.1 Å². The maximum Gasteiger partial charge on any atom is 0.115 e. The van der Waals surface area contributed by atoms with E-state index in [-0.39, 0.29) is 6.04 Å². The molecule has 2 nitrogen and oxygen atoms in total. The van der Waals surface area contributed by atoms with Gasteiger partial charge in [-0.25, -0.2) is 4.39 Å². The molecule has 1 N–H and O–H groups in total. The number of likely N-dealkylation sites (tertiary alicyclic amines) is 1. The maximum atomic E-state index is 13.4. The highest BCUT2D eigenvalue weighted by Crippen LogP contribution is 2.28. The fraction of sp³-hybridized carbons (Fsp3) is 0.571. The lowest BCUT2D eigenvalue weighted by Crippen LogP contribution is -2.47. The highest BCUT2D eigenvalue weighted by molar-refractivity contribution is 8.06. The summed E-state index contributed by atoms with van der Waals surface area (Å²) in [4.78, 5) is 3.12. The number of hydrogen-bond donors (Lipinski definition) is 1. The van der Waals surface area contributed by atoms with Gasteiger partial charge in [-0.05, 0) is 26.5 Å². The second-order valence-electron chi connectivity index (χ2n) is 4.85. The Bertz CT molecular complexity index is 342. The van der Waals surface area contributed by atoms with Gasteiger partial charge in [0.2, 0.25) is 0 Å². The number of halogens is 1. The fourth-order valence-corrected chi connectivity index (χ4v) is 2.92. The van der Waals surface area contributed by atoms with Crippen LogP contribution in [0.2, 0.25) is 0 Å². The summed E-state index contributed by atoms with van der Waals surface area (Å²) in [6, 6.07) is 0.141. The van der Waals surface area contributed by atoms with Crippen molar-refractivity contribution >= 4 is 11.8 Å². The second kappa shape index (κ2) is 7.00. The quantitative estimate of drug-likeness (QED) is 0.772. The van der Waals surface area contributed by atoms with Gasteiger partial charge in [-0.3, -0.25) is 0 Å². The van der Waals surface area contributed by atoms with Gasteiger partial charge < -0.3 is 10.2 Å². The zero-order chi connectivity index (χ0) is 13.7. The van der Waals surface area contributed by atoms with Gasteiger partial charge in [0.15, 0.2) is 0 Å². The molecule has 1 saturated heterocycles. The number of nitrogens with zero attached hydrogens (tertiary/aromatic N) is 1. The van der Waals surface area contributed by atoms with E-state index in [9.17, 15) is 4.39 Å². The Balaban J connectivity index is 2.47. The first kappa shape index (κ1) is 15.3. The molecule has 18 heavy (non-hydrogen) atoms. The standard InChI is InChI=1S/C14H23FN2S/c1-6-14(10(2)3)18-11(4)16-13-7-12(15)8-17(5)9-13/h6,12-13,16H,2,4,7-9H2,1,3,5H3/b14-6+/t12?,13-/m1/s1. The number of hydrogen-bond acceptors (Lipinski definition) is 3. The van der Waals surface area contributed by atoms with E-state index < -0.39 is 6.17 Å². The highest BCUT2D eigenvalue weighted by atomic mass is 32.2. The first-order valence-electron chi connectivity index (χ1n) is 6.20. The topological polar surface area (TPSA) is 15.3 Å². The molecule has 102 valence electrons. The van der Waals surface area contributed by atoms with Crippen molar-refractivity contribution in [2.24, 2.45) is 0 Å². The van der Waals surface area contributed by atoms with Crippen LogP contribution in [0, 0.1) is 0 Å². The van der Waals surface area contributed by atoms with Crippen LogP contribution >= 0.6 is 11.8 Å². The van der Waals surface area contributed by atoms with E-state index in [2.05, 4.69) is 18.5 Å². The van der Waals surface area contributed by atoms with Gasteiger partial charge in [0.1, 0.15) is 6.17 Å². The van der Waals surface area contributed by atoms with Crippen LogP contribution in [0.5, 0.6) is 0 Å². The third-order valence-electron chi connectivity index (χ3n) is 2.86. The lowest BCUT2D eigenvalue weighted by Gasteiger charge is -2.33. The number of piperidine rings is 1. The van der Waals surface area contributed by atoms with E-state index in [1.54, 1.807) is 11.8 Å². The van der Waals surface area contributed by atoms with Gasteiger partial charge in [0.25, 0.3) is 0 Å². The maximum absolute atomic E-state index is 13.4. The number of rotatable bonds is 5. The molecule has 0 aliphatic carbocycles. The van der Waals surface area contributed by atoms with Gasteiger partial charge >= 0.3 is 0 Å². The predicted molar refractivity (Wildman–Crippen MR) is 79.2 cm³/mol. The molecule has 1 fully saturated rings. The van der Waals surface area contributed by atoms with Crippen LogP contribution in [0.3, 0.4) is 0 Å². The molecule has 0 radical (unpaired) electrons. The van der Waals surface area contributed by atoms with Crippen molar-refractivity contribution < 1.29 is 4.39 Å². The first-order chi connectivity index (χ1) is 8.42. The van der Waals surface area contributed by atoms with Crippen molar-refractivity contribution in [3.8, 4) is 0 Å². The third-order valence-corrected chi connectivity index (χ3v) is 4.03. The summed E-state index contributed by atoms with van der Waals surface area (Å²) in [7, 11) is 1.95. The van der Waals surface area contributed by atoms with Gasteiger partial charge in [-0.1, -0.05) is 31.0 Å². The summed E-state index contributed by atoms with van der Waals surface area (Å²) in [6.45, 7) is 13.3. The molecule has 1 aliphatic heterocycles. The van der Waals surface area contributed by atoms with E-state index in [4.69, 9.17) is 0 Å². The van der Waals surface area contributed by atoms with Gasteiger partial charge in [0.05, 0.1) is 5.03 Å². The SMILES string of the molecule is C=C(N[C@@H]1CC(F)CN(C)C1)S/C(=C/C)C(=C)C. The van der Waals surface area contributed by atoms with E-state index >= 15 is 0 Å². The van der Waals surface area contributed by atoms with Crippen molar-refractivity contribution in [3.63, 3.8) is 0 Å². The summed E-state index contributed by atoms with van der Waals surface area (Å²) in [5.74, 6) is 0. The smallest absolute Gasteiger partial charge is 0.115 e. The third kappa shape index (κ3) is 4.86. The molecule has 0 amide bonds. The molecule has 0 aromatic carbocycles. The Morgan fingerprint density at radius 1 is 1.44 bits per heavy atom. The van der Waals surface area contributed by atoms with Crippen LogP contribution in [-0.4, -0.2) is 37.3 Å². The van der Waals surface area contributed by atoms with E-state index in [0.29, 0.717) is 13.0 Å². The minimum absolute atomic E-state index is 0.141. The normalized spacial score (nSPS) is 25.9. The number of allylic oxidation sites excluding steroid dienone is 2. The lowest BCUT2D eigenvalue weighted by atomic mass is 10.1. The van der Waals surface area contributed by atoms with Crippen molar-refractivity contribution in [2.45, 2.75) is 32.5 Å². The Morgan fingerprint density at radius 3 is 2.61 bits per heavy atom. The summed E-state index contributed by atoms with van der Waals surface area (Å²) in [5.41, 5.74) is 1.02. The largest absolute Gasteiger partial charge is 0.376 e. The molecule has 0 bridgehead atoms. The number of likely N-dealkylation sites (N-methyl/N-ethyl adjacent to an activating group) is 1. The van der Waals surface area contributed by atoms with Crippen LogP contribution in [0.1, 0.15) is 20.3 Å². The number of thioether (sulfide) groups is 1. The number of nitrogens with one attached hydrogen (secondary N) is 1. The average molecular weight is 270 g/mol. The van der Waals surface area contributed by atoms with Crippen molar-refractivity contribution in [1.82, 2.24) is 10.2 Å². The molecular weight excluding hydrogens is 247 g/mol. The van der Waals surface area contributed by atoms with E-state index in [1.165, 1.54) is 0 Å². The molecule has 0 spiro atoms. The van der Waals surface area contributed by atoms with Crippen LogP contribution < -0.4 is 5.32 Å². The summed E-state index contributed by atoms with van der Waals surface area (Å²) >= 11 is 1.56. The Kier molecular flexibility index (Phi) is 5.96. The van der Waals surface area contributed by atoms with E-state index in [0.717, 1.165) is 22.1 Å². The Labute approximate surface area is 114 Å². The summed E-state index contributed by atoms with van der Waals surface area (Å²) < 4.78 is 13.4. The summed E-state index contributed by atoms with van der Waals surface area (Å²) in [5, 5.41) is 4.16. The minimum Gasteiger partial charge on any atom is -0.376 e. The predicted octanol–water partition coefficient (Wildman–Crippen LogP) is 3.30. The fourth-order valence-electron chi connectivity index (χ4n) is 2.13. The Morgan fingerprint density at radius 2 is 2.11 bits per heavy atom. The average Bonchev–Trinajstić information content (AvgIpc) is 2.23. The van der Waals surface area contributed by atoms with Crippen LogP contribution in [0.15, 0.2) is 34.7 Å². The molecule has 1 rings (SSSR count). The molecule has 4 heteroatoms. The zero-order valence-electron chi connectivity index (χ0n) is 11.5. The van der Waals surface area contributed by atoms with Crippen LogP contribution in [0.4, 0.5) is 4.39 Å². The molecule has 0 aromatic heterocycles. The molecule has 0 aromatic rings. The number of alkyl halides is 1. The van der Waals surface area contributed by atoms with Crippen LogP contribution in [-0.2, 0) is 0 Å². The van der Waals surface area contributed by atoms with E-state index in [1.807, 2.05) is 31.9 Å². The van der Waals surface area contributed by atoms with Gasteiger partial charge in [-0.2, -0.15) is 0 Å². The monoisotopic (exact) mass is 270 g/mol. The lowest BCUT2D eigenvalue weighted by molar-refractivity contribution is 0.138. The summed E-state index contributed by atoms with van der Waals surface area (Å²) in [6.07, 6.45) is 1.83. The molecule has 0 saturated carbocycles. The zero-order valence-corrected chi connectivity index (χ0v) is 12.3. The Hall–Kier alpha value is -0.740. The molecule has 2 atom stereocenters. The minimum atomic E-state index is -0.749. The van der Waals surface area contributed by atoms with Gasteiger partial charge in [0, 0.05) is 30.5 Å². The van der Waals surface area contributed by atoms with Crippen LogP contribution in [0.25, 0.3) is 0 Å². The molecular formula is C14H23FN2S. The van der Waals surface area contributed by atoms with Crippen molar-refractivity contribution in [3.05, 3.63) is 34.7 Å².